The van der Waals surface area contributed by atoms with E-state index in [1.807, 2.05) is 62.6 Å². The van der Waals surface area contributed by atoms with E-state index in [0.29, 0.717) is 48.1 Å². The van der Waals surface area contributed by atoms with Crippen LogP contribution in [0.3, 0.4) is 0 Å². The smallest absolute Gasteiger partial charge is 0.254 e. The Morgan fingerprint density at radius 1 is 0.907 bits per heavy atom. The van der Waals surface area contributed by atoms with Crippen LogP contribution in [0.2, 0.25) is 5.02 Å². The van der Waals surface area contributed by atoms with Gasteiger partial charge in [-0.05, 0) is 86.7 Å². The van der Waals surface area contributed by atoms with E-state index in [1.165, 1.54) is 7.11 Å². The molecule has 0 spiro atoms. The molecule has 3 amide bonds. The average Bonchev–Trinajstić information content (AvgIpc) is 3.90. The van der Waals surface area contributed by atoms with E-state index in [-0.39, 0.29) is 48.6 Å². The molecule has 2 saturated heterocycles. The van der Waals surface area contributed by atoms with Crippen LogP contribution in [0.1, 0.15) is 35.3 Å². The van der Waals surface area contributed by atoms with Gasteiger partial charge in [-0.3, -0.25) is 19.7 Å². The number of aliphatic hydroxyl groups excluding tert-OH is 1. The topological polar surface area (TPSA) is 152 Å². The SMILES string of the molecule is CNC(O)[C@H](Cc1c[nH]c2ccccc12)NC(=O)C1CN(C(=O)Cc2c[nH]c3cc(Cl)ccc23)CC2CN(C(=O)c3ccc(OC(C)C)c(OC)c3)CC21. The summed E-state index contributed by atoms with van der Waals surface area (Å²) in [5.41, 5.74) is 4.06. The maximum atomic E-state index is 14.5. The molecule has 4 unspecified atom stereocenters. The Balaban J connectivity index is 1.14. The van der Waals surface area contributed by atoms with Crippen molar-refractivity contribution in [3.8, 4) is 11.5 Å². The quantitative estimate of drug-likeness (QED) is 0.115. The maximum absolute atomic E-state index is 14.5. The van der Waals surface area contributed by atoms with Crippen molar-refractivity contribution in [3.63, 3.8) is 0 Å². The minimum atomic E-state index is -1.03. The first kappa shape index (κ1) is 37.3. The molecule has 12 nitrogen and oxygen atoms in total. The fourth-order valence-corrected chi connectivity index (χ4v) is 8.28. The fourth-order valence-electron chi connectivity index (χ4n) is 8.11. The number of aromatic nitrogens is 2. The van der Waals surface area contributed by atoms with Gasteiger partial charge in [0.2, 0.25) is 11.8 Å². The third-order valence-electron chi connectivity index (χ3n) is 10.8. The van der Waals surface area contributed by atoms with Crippen LogP contribution in [-0.2, 0) is 22.4 Å². The number of fused-ring (bicyclic) bond motifs is 3. The molecule has 2 aliphatic rings. The van der Waals surface area contributed by atoms with Crippen molar-refractivity contribution < 1.29 is 29.0 Å². The Morgan fingerprint density at radius 3 is 2.43 bits per heavy atom. The number of hydrogen-bond acceptors (Lipinski definition) is 7. The number of benzene rings is 3. The van der Waals surface area contributed by atoms with Gasteiger partial charge >= 0.3 is 0 Å². The summed E-state index contributed by atoms with van der Waals surface area (Å²) in [5, 5.41) is 19.6. The molecular weight excluding hydrogens is 708 g/mol. The normalized spacial score (nSPS) is 19.6. The first-order valence-corrected chi connectivity index (χ1v) is 18.8. The predicted octanol–water partition coefficient (Wildman–Crippen LogP) is 4.75. The Kier molecular flexibility index (Phi) is 10.9. The Morgan fingerprint density at radius 2 is 1.65 bits per heavy atom. The number of amides is 3. The van der Waals surface area contributed by atoms with Crippen molar-refractivity contribution >= 4 is 51.1 Å². The zero-order valence-electron chi connectivity index (χ0n) is 30.9. The lowest BCUT2D eigenvalue weighted by Crippen LogP contribution is -2.57. The summed E-state index contributed by atoms with van der Waals surface area (Å²) >= 11 is 6.20. The standard InChI is InChI=1S/C41H47ClN6O6/c1-23(2)54-36-12-9-24(14-37(36)53-4)41(52)48-20-27-19-47(38(49)15-26-18-45-34-16-28(42)10-11-30(26)34)22-32(31(27)21-48)39(50)46-35(40(51)43-3)13-25-17-44-33-8-6-5-7-29(25)33/h5-12,14,16-18,23,27,31-32,35,40,43-45,51H,13,15,19-22H2,1-4H3,(H,46,50)/t27?,31?,32?,35-,40?/m0/s1. The van der Waals surface area contributed by atoms with Crippen molar-refractivity contribution in [2.24, 2.45) is 17.8 Å². The fraction of sp³-hybridized carbons (Fsp3) is 0.390. The number of rotatable bonds is 12. The van der Waals surface area contributed by atoms with Crippen molar-refractivity contribution in [2.75, 3.05) is 40.3 Å². The van der Waals surface area contributed by atoms with Crippen LogP contribution >= 0.6 is 11.6 Å². The van der Waals surface area contributed by atoms with Crippen LogP contribution in [0.25, 0.3) is 21.8 Å². The molecule has 54 heavy (non-hydrogen) atoms. The number of halogens is 1. The van der Waals surface area contributed by atoms with Crippen LogP contribution < -0.4 is 20.1 Å². The summed E-state index contributed by atoms with van der Waals surface area (Å²) in [6.45, 7) is 5.17. The number of carbonyl (C=O) groups excluding carboxylic acids is 3. The largest absolute Gasteiger partial charge is 0.493 e. The second-order valence-electron chi connectivity index (χ2n) is 14.7. The molecule has 5 atom stereocenters. The van der Waals surface area contributed by atoms with Gasteiger partial charge in [0.1, 0.15) is 6.23 Å². The molecule has 0 bridgehead atoms. The van der Waals surface area contributed by atoms with Gasteiger partial charge in [0.15, 0.2) is 11.5 Å². The molecular formula is C41H47ClN6O6. The van der Waals surface area contributed by atoms with Gasteiger partial charge in [-0.25, -0.2) is 0 Å². The van der Waals surface area contributed by atoms with Crippen LogP contribution in [0.5, 0.6) is 11.5 Å². The summed E-state index contributed by atoms with van der Waals surface area (Å²) in [6.07, 6.45) is 3.14. The summed E-state index contributed by atoms with van der Waals surface area (Å²) in [4.78, 5) is 52.6. The molecule has 284 valence electrons. The summed E-state index contributed by atoms with van der Waals surface area (Å²) in [6, 6.07) is 17.9. The molecule has 3 aromatic carbocycles. The third-order valence-corrected chi connectivity index (χ3v) is 11.1. The predicted molar refractivity (Wildman–Crippen MR) is 208 cm³/mol. The number of likely N-dealkylation sites (N-methyl/N-ethyl adjacent to an activating group) is 1. The number of hydrogen-bond donors (Lipinski definition) is 5. The van der Waals surface area contributed by atoms with Gasteiger partial charge in [0.25, 0.3) is 5.91 Å². The first-order valence-electron chi connectivity index (χ1n) is 18.4. The number of carbonyl (C=O) groups is 3. The van der Waals surface area contributed by atoms with Crippen LogP contribution in [-0.4, -0.2) is 101 Å². The monoisotopic (exact) mass is 754 g/mol. The molecule has 13 heteroatoms. The highest BCUT2D eigenvalue weighted by Gasteiger charge is 2.48. The maximum Gasteiger partial charge on any atom is 0.254 e. The Labute approximate surface area is 319 Å². The number of ether oxygens (including phenoxy) is 2. The lowest BCUT2D eigenvalue weighted by molar-refractivity contribution is -0.139. The second-order valence-corrected chi connectivity index (χ2v) is 15.1. The number of likely N-dealkylation sites (tertiary alicyclic amines) is 2. The summed E-state index contributed by atoms with van der Waals surface area (Å²) < 4.78 is 11.4. The highest BCUT2D eigenvalue weighted by molar-refractivity contribution is 6.31. The van der Waals surface area contributed by atoms with E-state index in [2.05, 4.69) is 20.6 Å². The Hall–Kier alpha value is -5.04. The molecule has 0 aliphatic carbocycles. The molecule has 5 aromatic rings. The number of nitrogens with zero attached hydrogens (tertiary/aromatic N) is 2. The molecule has 5 N–H and O–H groups in total. The number of piperidine rings is 1. The number of aliphatic hydroxyl groups is 1. The second kappa shape index (κ2) is 15.7. The van der Waals surface area contributed by atoms with Gasteiger partial charge in [0, 0.05) is 71.0 Å². The molecule has 0 radical (unpaired) electrons. The molecule has 4 heterocycles. The number of nitrogens with one attached hydrogen (secondary N) is 4. The van der Waals surface area contributed by atoms with E-state index in [9.17, 15) is 19.5 Å². The van der Waals surface area contributed by atoms with Gasteiger partial charge in [-0.1, -0.05) is 35.9 Å². The van der Waals surface area contributed by atoms with Gasteiger partial charge in [-0.2, -0.15) is 0 Å². The lowest BCUT2D eigenvalue weighted by atomic mass is 9.79. The van der Waals surface area contributed by atoms with E-state index < -0.39 is 18.2 Å². The highest BCUT2D eigenvalue weighted by atomic mass is 35.5. The van der Waals surface area contributed by atoms with Crippen LogP contribution in [0.4, 0.5) is 0 Å². The average molecular weight is 755 g/mol. The van der Waals surface area contributed by atoms with E-state index >= 15 is 0 Å². The number of aromatic amines is 2. The molecule has 7 rings (SSSR count). The molecule has 0 saturated carbocycles. The van der Waals surface area contributed by atoms with Gasteiger partial charge < -0.3 is 39.7 Å². The van der Waals surface area contributed by atoms with Crippen LogP contribution in [0, 0.1) is 17.8 Å². The van der Waals surface area contributed by atoms with Crippen molar-refractivity contribution in [3.05, 3.63) is 94.8 Å². The third kappa shape index (κ3) is 7.64. The van der Waals surface area contributed by atoms with Gasteiger partial charge in [0.05, 0.1) is 31.6 Å². The summed E-state index contributed by atoms with van der Waals surface area (Å²) in [7, 11) is 3.18. The van der Waals surface area contributed by atoms with Gasteiger partial charge in [-0.15, -0.1) is 0 Å². The Bertz CT molecular complexity index is 2160. The molecule has 2 aromatic heterocycles. The lowest BCUT2D eigenvalue weighted by Gasteiger charge is -2.40. The minimum Gasteiger partial charge on any atom is -0.493 e. The zero-order chi connectivity index (χ0) is 38.1. The molecule has 2 aliphatic heterocycles. The van der Waals surface area contributed by atoms with Crippen molar-refractivity contribution in [1.29, 1.82) is 0 Å². The van der Waals surface area contributed by atoms with E-state index in [1.54, 1.807) is 41.1 Å². The van der Waals surface area contributed by atoms with Crippen molar-refractivity contribution in [2.45, 2.75) is 45.1 Å². The molecule has 2 fully saturated rings. The van der Waals surface area contributed by atoms with E-state index in [4.69, 9.17) is 21.1 Å². The number of H-pyrrole nitrogens is 2. The van der Waals surface area contributed by atoms with Crippen LogP contribution in [0.15, 0.2) is 73.1 Å². The first-order chi connectivity index (χ1) is 26.0. The summed E-state index contributed by atoms with van der Waals surface area (Å²) in [5.74, 6) is -0.528. The van der Waals surface area contributed by atoms with E-state index in [0.717, 1.165) is 32.9 Å². The highest BCUT2D eigenvalue weighted by Crippen LogP contribution is 2.38. The number of methoxy groups -OCH3 is 1. The minimum absolute atomic E-state index is 0.0680. The number of para-hydroxylation sites is 1. The zero-order valence-corrected chi connectivity index (χ0v) is 31.7. The van der Waals surface area contributed by atoms with Crippen molar-refractivity contribution in [1.82, 2.24) is 30.4 Å².